The normalized spacial score (nSPS) is 18.7. The summed E-state index contributed by atoms with van der Waals surface area (Å²) < 4.78 is 15.0. The summed E-state index contributed by atoms with van der Waals surface area (Å²) in [4.78, 5) is 69.3. The van der Waals surface area contributed by atoms with Crippen LogP contribution in [0, 0.1) is 0 Å². The van der Waals surface area contributed by atoms with Crippen molar-refractivity contribution in [2.75, 3.05) is 49.1 Å². The Kier molecular flexibility index (Phi) is 9.89. The smallest absolute Gasteiger partial charge is 0.328 e. The number of rotatable bonds is 11. The Bertz CT molecular complexity index is 2740. The second-order valence-electron chi connectivity index (χ2n) is 16.5. The average molecular weight is 823 g/mol. The van der Waals surface area contributed by atoms with Crippen molar-refractivity contribution in [1.82, 2.24) is 29.7 Å². The van der Waals surface area contributed by atoms with Crippen LogP contribution in [0.15, 0.2) is 96.1 Å². The van der Waals surface area contributed by atoms with Crippen LogP contribution in [0.5, 0.6) is 0 Å². The van der Waals surface area contributed by atoms with Gasteiger partial charge in [0.25, 0.3) is 11.5 Å². The lowest BCUT2D eigenvalue weighted by Crippen LogP contribution is -2.55. The molecule has 312 valence electrons. The summed E-state index contributed by atoms with van der Waals surface area (Å²) in [5.74, 6) is 0.113. The molecule has 61 heavy (non-hydrogen) atoms. The maximum Gasteiger partial charge on any atom is 0.328 e. The van der Waals surface area contributed by atoms with Crippen LogP contribution in [0.1, 0.15) is 53.7 Å². The predicted octanol–water partition coefficient (Wildman–Crippen LogP) is 4.85. The lowest BCUT2D eigenvalue weighted by molar-refractivity contribution is -0.120. The number of urea groups is 1. The van der Waals surface area contributed by atoms with E-state index in [9.17, 15) is 24.3 Å². The van der Waals surface area contributed by atoms with Crippen LogP contribution in [0.3, 0.4) is 0 Å². The maximum absolute atomic E-state index is 13.5. The largest absolute Gasteiger partial charge is 0.393 e. The summed E-state index contributed by atoms with van der Waals surface area (Å²) in [5, 5.41) is 15.3. The van der Waals surface area contributed by atoms with Crippen LogP contribution in [-0.2, 0) is 26.9 Å². The van der Waals surface area contributed by atoms with E-state index >= 15 is 0 Å². The van der Waals surface area contributed by atoms with Gasteiger partial charge >= 0.3 is 6.03 Å². The number of amides is 4. The van der Waals surface area contributed by atoms with Crippen molar-refractivity contribution in [1.29, 1.82) is 0 Å². The number of H-pyrrole nitrogens is 1. The van der Waals surface area contributed by atoms with Gasteiger partial charge in [-0.3, -0.25) is 24.6 Å². The van der Waals surface area contributed by atoms with Gasteiger partial charge in [-0.1, -0.05) is 42.5 Å². The van der Waals surface area contributed by atoms with Gasteiger partial charge in [0.2, 0.25) is 11.9 Å². The Morgan fingerprint density at radius 3 is 2.43 bits per heavy atom. The zero-order valence-electron chi connectivity index (χ0n) is 33.8. The minimum absolute atomic E-state index is 0.0142. The Hall–Kier alpha value is -6.42. The van der Waals surface area contributed by atoms with E-state index in [-0.39, 0.29) is 55.3 Å². The number of pyridine rings is 1. The molecule has 10 rings (SSSR count). The second-order valence-corrected chi connectivity index (χ2v) is 16.5. The zero-order valence-corrected chi connectivity index (χ0v) is 33.8. The first-order chi connectivity index (χ1) is 29.7. The summed E-state index contributed by atoms with van der Waals surface area (Å²) in [6.07, 6.45) is 6.92. The number of nitrogens with one attached hydrogen (secondary N) is 2. The fourth-order valence-corrected chi connectivity index (χ4v) is 8.83. The van der Waals surface area contributed by atoms with Crippen molar-refractivity contribution in [3.05, 3.63) is 118 Å². The molecule has 15 heteroatoms. The number of aryl methyl sites for hydroxylation is 1. The number of ether oxygens (including phenoxy) is 2. The van der Waals surface area contributed by atoms with Gasteiger partial charge in [-0.25, -0.2) is 14.8 Å². The number of benzene rings is 3. The number of likely N-dealkylation sites (tertiary alicyclic amines) is 1. The molecule has 1 aliphatic carbocycles. The van der Waals surface area contributed by atoms with E-state index in [4.69, 9.17) is 19.4 Å². The summed E-state index contributed by atoms with van der Waals surface area (Å²) in [7, 11) is 1.74. The van der Waals surface area contributed by atoms with Gasteiger partial charge in [0.05, 0.1) is 36.1 Å². The Morgan fingerprint density at radius 1 is 0.869 bits per heavy atom. The fourth-order valence-electron chi connectivity index (χ4n) is 8.83. The summed E-state index contributed by atoms with van der Waals surface area (Å²) in [5.41, 5.74) is 4.05. The highest BCUT2D eigenvalue weighted by Crippen LogP contribution is 2.43. The van der Waals surface area contributed by atoms with Crippen molar-refractivity contribution in [2.24, 2.45) is 7.05 Å². The van der Waals surface area contributed by atoms with Crippen LogP contribution < -0.4 is 20.7 Å². The first-order valence-electron chi connectivity index (χ1n) is 20.9. The van der Waals surface area contributed by atoms with Crippen LogP contribution in [-0.4, -0.2) is 105 Å². The predicted molar refractivity (Wildman–Crippen MR) is 228 cm³/mol. The van der Waals surface area contributed by atoms with Crippen molar-refractivity contribution in [2.45, 2.75) is 56.0 Å². The van der Waals surface area contributed by atoms with Gasteiger partial charge in [0.15, 0.2) is 5.60 Å². The van der Waals surface area contributed by atoms with Crippen LogP contribution >= 0.6 is 0 Å². The number of carbonyl (C=O) groups is 3. The van der Waals surface area contributed by atoms with Crippen molar-refractivity contribution < 1.29 is 29.0 Å². The van der Waals surface area contributed by atoms with E-state index in [1.807, 2.05) is 65.7 Å². The average Bonchev–Trinajstić information content (AvgIpc) is 3.95. The third-order valence-corrected chi connectivity index (χ3v) is 12.3. The SMILES string of the molecule is Cn1cc(-c2ccc3nc(N4CC(OC5CCN(C(=O)c6cccc(N7CCC(=O)NC7=O)c6)CC5)C4)nc(C(CO)(OC4CC4)c4ccccc4)c3c2)c2cc[nH]c2c1=O. The van der Waals surface area contributed by atoms with E-state index in [1.165, 1.54) is 4.90 Å². The van der Waals surface area contributed by atoms with Gasteiger partial charge in [-0.2, -0.15) is 0 Å². The van der Waals surface area contributed by atoms with Crippen LogP contribution in [0.2, 0.25) is 0 Å². The molecule has 3 aliphatic heterocycles. The highest BCUT2D eigenvalue weighted by atomic mass is 16.5. The molecule has 1 unspecified atom stereocenters. The molecule has 6 aromatic rings. The standard InChI is InChI=1S/C46H46N8O7/c1-51-26-37(35-14-18-47-40(35)43(51)58)28-10-13-38-36(23-28)41(46(27-55,61-33-11-12-33)30-7-3-2-4-8-30)50-44(48-38)53-24-34(25-53)60-32-15-19-52(20-16-32)42(57)29-6-5-9-31(22-29)54-21-17-39(56)49-45(54)59/h2-10,13-14,18,22-23,26,32-34,47,55H,11-12,15-17,19-21,24-25,27H2,1H3,(H,49,56,59). The monoisotopic (exact) mass is 822 g/mol. The van der Waals surface area contributed by atoms with Crippen LogP contribution in [0.25, 0.3) is 32.9 Å². The molecule has 4 amide bonds. The van der Waals surface area contributed by atoms with Gasteiger partial charge in [-0.15, -0.1) is 0 Å². The molecule has 15 nitrogen and oxygen atoms in total. The van der Waals surface area contributed by atoms with Gasteiger partial charge < -0.3 is 33.9 Å². The molecule has 0 bridgehead atoms. The number of hydrogen-bond acceptors (Lipinski definition) is 10. The topological polar surface area (TPSA) is 175 Å². The van der Waals surface area contributed by atoms with E-state index in [1.54, 1.807) is 42.1 Å². The summed E-state index contributed by atoms with van der Waals surface area (Å²) in [6.45, 7) is 2.18. The number of imide groups is 1. The molecule has 4 fully saturated rings. The first-order valence-corrected chi connectivity index (χ1v) is 20.9. The van der Waals surface area contributed by atoms with Crippen molar-refractivity contribution >= 4 is 51.3 Å². The molecule has 3 N–H and O–H groups in total. The lowest BCUT2D eigenvalue weighted by Gasteiger charge is -2.43. The Morgan fingerprint density at radius 2 is 1.67 bits per heavy atom. The van der Waals surface area contributed by atoms with E-state index in [2.05, 4.69) is 15.2 Å². The molecule has 4 aliphatic rings. The summed E-state index contributed by atoms with van der Waals surface area (Å²) >= 11 is 0. The van der Waals surface area contributed by atoms with E-state index in [0.717, 1.165) is 40.3 Å². The zero-order chi connectivity index (χ0) is 41.8. The molecule has 6 heterocycles. The maximum atomic E-state index is 13.5. The number of aliphatic hydroxyl groups is 1. The number of aliphatic hydroxyl groups excluding tert-OH is 1. The molecule has 0 spiro atoms. The third kappa shape index (κ3) is 7.21. The number of aromatic amines is 1. The molecule has 1 saturated carbocycles. The Labute approximate surface area is 350 Å². The highest BCUT2D eigenvalue weighted by Gasteiger charge is 2.44. The van der Waals surface area contributed by atoms with Gasteiger partial charge in [0, 0.05) is 86.2 Å². The van der Waals surface area contributed by atoms with Crippen molar-refractivity contribution in [3.63, 3.8) is 0 Å². The second kappa shape index (κ2) is 15.6. The van der Waals surface area contributed by atoms with Crippen molar-refractivity contribution in [3.8, 4) is 11.1 Å². The molecular formula is C46H46N8O7. The minimum atomic E-state index is -1.26. The van der Waals surface area contributed by atoms with Gasteiger partial charge in [-0.05, 0) is 73.2 Å². The molecule has 3 aromatic heterocycles. The number of piperidine rings is 1. The fraction of sp³-hybridized carbons (Fsp3) is 0.348. The number of carbonyl (C=O) groups excluding carboxylic acids is 3. The van der Waals surface area contributed by atoms with Crippen LogP contribution in [0.4, 0.5) is 16.4 Å². The van der Waals surface area contributed by atoms with E-state index in [0.29, 0.717) is 72.9 Å². The Balaban J connectivity index is 0.879. The minimum Gasteiger partial charge on any atom is -0.393 e. The number of fused-ring (bicyclic) bond motifs is 2. The first kappa shape index (κ1) is 38.8. The molecule has 3 aromatic carbocycles. The van der Waals surface area contributed by atoms with Gasteiger partial charge in [0.1, 0.15) is 5.52 Å². The number of aromatic nitrogens is 4. The molecule has 1 atom stereocenters. The molecular weight excluding hydrogens is 777 g/mol. The number of hydrogen-bond donors (Lipinski definition) is 3. The molecule has 3 saturated heterocycles. The number of anilines is 2. The highest BCUT2D eigenvalue weighted by molar-refractivity contribution is 6.06. The summed E-state index contributed by atoms with van der Waals surface area (Å²) in [6, 6.07) is 24.2. The van der Waals surface area contributed by atoms with E-state index < -0.39 is 11.6 Å². The lowest BCUT2D eigenvalue weighted by atomic mass is 9.87. The molecule has 0 radical (unpaired) electrons. The quantitative estimate of drug-likeness (QED) is 0.164. The number of nitrogens with zero attached hydrogens (tertiary/aromatic N) is 6. The third-order valence-electron chi connectivity index (χ3n) is 12.3.